The minimum atomic E-state index is -4.40. The minimum absolute atomic E-state index is 0.0430. The van der Waals surface area contributed by atoms with Gasteiger partial charge in [-0.15, -0.1) is 0 Å². The fraction of sp³-hybridized carbons (Fsp3) is 0.760. The lowest BCUT2D eigenvalue weighted by atomic mass is 10.0. The van der Waals surface area contributed by atoms with Gasteiger partial charge in [0.25, 0.3) is 0 Å². The lowest BCUT2D eigenvalue weighted by molar-refractivity contribution is -0.161. The van der Waals surface area contributed by atoms with Crippen LogP contribution in [0.1, 0.15) is 213 Å². The third-order valence-corrected chi connectivity index (χ3v) is 11.2. The van der Waals surface area contributed by atoms with Crippen LogP contribution >= 0.6 is 7.82 Å². The van der Waals surface area contributed by atoms with E-state index in [2.05, 4.69) is 68.5 Å². The molecule has 0 saturated heterocycles. The SMILES string of the molecule is CC/C=C\C/C=C\C/C=C\C/C=C\C/C=C\CCCC(=O)OC(COC(=O)CCCCCCCCCCCCCCCCCCCCCCCC)COP(=O)(O)OCCN. The molecule has 9 nitrogen and oxygen atoms in total. The summed E-state index contributed by atoms with van der Waals surface area (Å²) < 4.78 is 32.8. The number of rotatable bonds is 45. The highest BCUT2D eigenvalue weighted by Crippen LogP contribution is 2.43. The van der Waals surface area contributed by atoms with Crippen LogP contribution in [-0.4, -0.2) is 49.3 Å². The maximum atomic E-state index is 12.6. The number of phosphoric acid groups is 1. The van der Waals surface area contributed by atoms with E-state index in [4.69, 9.17) is 24.3 Å². The Morgan fingerprint density at radius 1 is 0.517 bits per heavy atom. The molecule has 0 radical (unpaired) electrons. The van der Waals surface area contributed by atoms with Gasteiger partial charge in [0, 0.05) is 19.4 Å². The van der Waals surface area contributed by atoms with Gasteiger partial charge in [-0.3, -0.25) is 18.6 Å². The maximum Gasteiger partial charge on any atom is 0.472 e. The van der Waals surface area contributed by atoms with E-state index < -0.39 is 32.5 Å². The number of carbonyl (C=O) groups excluding carboxylic acids is 2. The minimum Gasteiger partial charge on any atom is -0.462 e. The van der Waals surface area contributed by atoms with Gasteiger partial charge in [0.1, 0.15) is 6.61 Å². The summed E-state index contributed by atoms with van der Waals surface area (Å²) in [6.07, 6.45) is 55.6. The second-order valence-corrected chi connectivity index (χ2v) is 17.4. The van der Waals surface area contributed by atoms with Crippen LogP contribution < -0.4 is 5.73 Å². The van der Waals surface area contributed by atoms with Crippen LogP contribution in [0, 0.1) is 0 Å². The molecule has 0 aromatic heterocycles. The summed E-state index contributed by atoms with van der Waals surface area (Å²) in [7, 11) is -4.40. The van der Waals surface area contributed by atoms with Crippen LogP contribution in [0.3, 0.4) is 0 Å². The first-order valence-electron chi connectivity index (χ1n) is 24.3. The third-order valence-electron chi connectivity index (χ3n) is 10.2. The van der Waals surface area contributed by atoms with Crippen LogP contribution in [0.4, 0.5) is 0 Å². The van der Waals surface area contributed by atoms with E-state index in [0.717, 1.165) is 51.4 Å². The maximum absolute atomic E-state index is 12.6. The molecule has 10 heteroatoms. The zero-order valence-electron chi connectivity index (χ0n) is 38.4. The van der Waals surface area contributed by atoms with Crippen LogP contribution in [0.5, 0.6) is 0 Å². The normalized spacial score (nSPS) is 13.7. The first-order valence-corrected chi connectivity index (χ1v) is 25.8. The summed E-state index contributed by atoms with van der Waals surface area (Å²) in [5, 5.41) is 0. The predicted octanol–water partition coefficient (Wildman–Crippen LogP) is 14.4. The highest BCUT2D eigenvalue weighted by Gasteiger charge is 2.26. The molecule has 348 valence electrons. The van der Waals surface area contributed by atoms with Gasteiger partial charge < -0.3 is 20.1 Å². The first kappa shape index (κ1) is 57.7. The van der Waals surface area contributed by atoms with Gasteiger partial charge in [0.15, 0.2) is 6.10 Å². The summed E-state index contributed by atoms with van der Waals surface area (Å²) in [6, 6.07) is 0. The second-order valence-electron chi connectivity index (χ2n) is 16.0. The highest BCUT2D eigenvalue weighted by atomic mass is 31.2. The van der Waals surface area contributed by atoms with Gasteiger partial charge in [-0.25, -0.2) is 4.57 Å². The van der Waals surface area contributed by atoms with Crippen molar-refractivity contribution in [3.63, 3.8) is 0 Å². The molecule has 0 rings (SSSR count). The Kier molecular flexibility index (Phi) is 44.5. The van der Waals surface area contributed by atoms with Crippen molar-refractivity contribution in [2.75, 3.05) is 26.4 Å². The predicted molar refractivity (Wildman–Crippen MR) is 252 cm³/mol. The molecule has 0 aliphatic rings. The van der Waals surface area contributed by atoms with Crippen molar-refractivity contribution in [3.8, 4) is 0 Å². The number of allylic oxidation sites excluding steroid dienone is 10. The number of esters is 2. The molecule has 0 aromatic rings. The molecule has 0 saturated carbocycles. The van der Waals surface area contributed by atoms with E-state index in [1.54, 1.807) is 0 Å². The molecule has 0 aliphatic heterocycles. The number of hydrogen-bond acceptors (Lipinski definition) is 8. The van der Waals surface area contributed by atoms with Crippen molar-refractivity contribution < 1.29 is 37.6 Å². The van der Waals surface area contributed by atoms with Crippen LogP contribution in [0.2, 0.25) is 0 Å². The highest BCUT2D eigenvalue weighted by molar-refractivity contribution is 7.47. The van der Waals surface area contributed by atoms with Crippen LogP contribution in [0.15, 0.2) is 60.8 Å². The molecule has 0 heterocycles. The molecule has 60 heavy (non-hydrogen) atoms. The van der Waals surface area contributed by atoms with E-state index in [1.165, 1.54) is 122 Å². The smallest absolute Gasteiger partial charge is 0.462 e. The molecule has 0 bridgehead atoms. The average Bonchev–Trinajstić information content (AvgIpc) is 3.24. The number of unbranched alkanes of at least 4 members (excludes halogenated alkanes) is 22. The van der Waals surface area contributed by atoms with Gasteiger partial charge in [-0.2, -0.15) is 0 Å². The Morgan fingerprint density at radius 3 is 1.35 bits per heavy atom. The van der Waals surface area contributed by atoms with Crippen molar-refractivity contribution in [1.82, 2.24) is 0 Å². The number of phosphoric ester groups is 1. The van der Waals surface area contributed by atoms with Crippen molar-refractivity contribution in [1.29, 1.82) is 0 Å². The number of ether oxygens (including phenoxy) is 2. The topological polar surface area (TPSA) is 134 Å². The Morgan fingerprint density at radius 2 is 0.917 bits per heavy atom. The summed E-state index contributed by atoms with van der Waals surface area (Å²) >= 11 is 0. The van der Waals surface area contributed by atoms with Crippen molar-refractivity contribution >= 4 is 19.8 Å². The Balaban J connectivity index is 4.11. The van der Waals surface area contributed by atoms with Crippen molar-refractivity contribution in [3.05, 3.63) is 60.8 Å². The van der Waals surface area contributed by atoms with E-state index >= 15 is 0 Å². The Labute approximate surface area is 368 Å². The molecule has 2 atom stereocenters. The molecule has 0 aliphatic carbocycles. The summed E-state index contributed by atoms with van der Waals surface area (Å²) in [4.78, 5) is 35.0. The first-order chi connectivity index (χ1) is 29.3. The molecule has 0 fully saturated rings. The monoisotopic (exact) mass is 864 g/mol. The molecule has 3 N–H and O–H groups in total. The van der Waals surface area contributed by atoms with Gasteiger partial charge in [-0.1, -0.05) is 209 Å². The van der Waals surface area contributed by atoms with E-state index in [-0.39, 0.29) is 32.6 Å². The molecule has 0 aromatic carbocycles. The Bertz CT molecular complexity index is 1170. The van der Waals surface area contributed by atoms with Gasteiger partial charge in [0.2, 0.25) is 0 Å². The largest absolute Gasteiger partial charge is 0.472 e. The van der Waals surface area contributed by atoms with Gasteiger partial charge in [-0.05, 0) is 51.4 Å². The number of nitrogens with two attached hydrogens (primary N) is 1. The zero-order valence-corrected chi connectivity index (χ0v) is 39.3. The Hall–Kier alpha value is -2.29. The quantitative estimate of drug-likeness (QED) is 0.0265. The fourth-order valence-electron chi connectivity index (χ4n) is 6.61. The number of hydrogen-bond donors (Lipinski definition) is 2. The lowest BCUT2D eigenvalue weighted by Crippen LogP contribution is -2.29. The summed E-state index contributed by atoms with van der Waals surface area (Å²) in [6.45, 7) is 3.57. The summed E-state index contributed by atoms with van der Waals surface area (Å²) in [5.74, 6) is -0.892. The van der Waals surface area contributed by atoms with Crippen molar-refractivity contribution in [2.45, 2.75) is 219 Å². The van der Waals surface area contributed by atoms with Gasteiger partial charge >= 0.3 is 19.8 Å². The molecular weight excluding hydrogens is 774 g/mol. The van der Waals surface area contributed by atoms with E-state index in [0.29, 0.717) is 12.8 Å². The van der Waals surface area contributed by atoms with Gasteiger partial charge in [0.05, 0.1) is 13.2 Å². The number of carbonyl (C=O) groups is 2. The third kappa shape index (κ3) is 45.2. The fourth-order valence-corrected chi connectivity index (χ4v) is 7.38. The van der Waals surface area contributed by atoms with Crippen LogP contribution in [0.25, 0.3) is 0 Å². The molecule has 0 amide bonds. The molecule has 0 spiro atoms. The zero-order chi connectivity index (χ0) is 43.9. The molecular formula is C50H90NO8P. The average molecular weight is 864 g/mol. The summed E-state index contributed by atoms with van der Waals surface area (Å²) in [5.41, 5.74) is 5.35. The lowest BCUT2D eigenvalue weighted by Gasteiger charge is -2.19. The van der Waals surface area contributed by atoms with Crippen molar-refractivity contribution in [2.24, 2.45) is 5.73 Å². The second kappa shape index (κ2) is 46.2. The van der Waals surface area contributed by atoms with Crippen LogP contribution in [-0.2, 0) is 32.7 Å². The molecule has 2 unspecified atom stereocenters. The standard InChI is InChI=1S/C50H90NO8P/c1-3-5-7-9-11-13-15-17-19-21-22-23-24-25-27-28-30-32-34-36-38-40-42-49(52)56-46-48(47-58-60(54,55)57-45-44-51)59-50(53)43-41-39-37-35-33-31-29-26-20-18-16-14-12-10-8-6-4-2/h6,8,12,14,18,20,29,31,35,37,48H,3-5,7,9-11,13,15-17,19,21-28,30,32-34,36,38-47,51H2,1-2H3,(H,54,55)/b8-6-,14-12-,20-18-,31-29-,37-35-. The van der Waals surface area contributed by atoms with E-state index in [1.807, 2.05) is 6.08 Å². The van der Waals surface area contributed by atoms with E-state index in [9.17, 15) is 19.0 Å².